The molecule has 1 unspecified atom stereocenters. The summed E-state index contributed by atoms with van der Waals surface area (Å²) in [6.45, 7) is 9.45. The molecule has 0 radical (unpaired) electrons. The molecule has 0 amide bonds. The van der Waals surface area contributed by atoms with Crippen molar-refractivity contribution in [2.45, 2.75) is 88.4 Å². The molecule has 1 aliphatic carbocycles. The number of anilines is 1. The minimum absolute atomic E-state index is 0. The van der Waals surface area contributed by atoms with Crippen LogP contribution in [0.15, 0.2) is 69.6 Å². The van der Waals surface area contributed by atoms with Crippen molar-refractivity contribution >= 4 is 48.1 Å². The second kappa shape index (κ2) is 22.6. The Balaban J connectivity index is 0.00000620. The number of fused-ring (bicyclic) bond motifs is 2. The van der Waals surface area contributed by atoms with E-state index in [-0.39, 0.29) is 96.8 Å². The van der Waals surface area contributed by atoms with Gasteiger partial charge >= 0.3 is 65.1 Å². The quantitative estimate of drug-likeness (QED) is 0.0594. The van der Waals surface area contributed by atoms with Crippen molar-refractivity contribution in [1.82, 2.24) is 4.58 Å². The third-order valence-electron chi connectivity index (χ3n) is 10.2. The van der Waals surface area contributed by atoms with Gasteiger partial charge < -0.3 is 32.8 Å². The molecule has 2 aliphatic heterocycles. The van der Waals surface area contributed by atoms with E-state index in [1.54, 1.807) is 32.3 Å². The minimum atomic E-state index is -4.86. The van der Waals surface area contributed by atoms with Gasteiger partial charge in [0.25, 0.3) is 0 Å². The van der Waals surface area contributed by atoms with Crippen LogP contribution in [0, 0.1) is 0 Å². The maximum Gasteiger partial charge on any atom is 1.00 e. The van der Waals surface area contributed by atoms with E-state index in [1.807, 2.05) is 33.7 Å². The van der Waals surface area contributed by atoms with E-state index in [0.717, 1.165) is 16.5 Å². The molecule has 2 heterocycles. The first-order valence-corrected chi connectivity index (χ1v) is 23.5. The number of rotatable bonds is 20. The van der Waals surface area contributed by atoms with Gasteiger partial charge in [-0.25, -0.2) is 29.8 Å². The van der Waals surface area contributed by atoms with Gasteiger partial charge in [-0.1, -0.05) is 33.3 Å². The van der Waals surface area contributed by atoms with Crippen molar-refractivity contribution in [3.63, 3.8) is 0 Å². The van der Waals surface area contributed by atoms with Crippen molar-refractivity contribution in [2.24, 2.45) is 0 Å². The normalized spacial score (nSPS) is 17.1. The number of unbranched alkanes of at least 4 members (excludes halogenated alkanes) is 2. The van der Waals surface area contributed by atoms with Gasteiger partial charge in [0.05, 0.1) is 31.2 Å². The summed E-state index contributed by atoms with van der Waals surface area (Å²) in [6, 6.07) is 11.7. The number of aliphatic carboxylic acids is 1. The number of hydrogen-bond acceptors (Lipinski definition) is 13. The molecule has 1 aromatic rings. The van der Waals surface area contributed by atoms with Crippen molar-refractivity contribution in [3.8, 4) is 11.3 Å². The number of allylic oxidation sites excluding steroid dienone is 3. The van der Waals surface area contributed by atoms with Gasteiger partial charge in [0.2, 0.25) is 5.36 Å². The SMILES string of the molecule is COCC[N+](CCCS(=O)(=O)[O-])=c1ccc2c(C(C)(C)C)cc(/C=C/C=C3/N(CCCCCC(=O)O)c4ccc(S(=O)(=O)[O-])cc4C3(C)CCCS(=O)(=O)[O-])oc-2c1.[Na+].[Na+]. The van der Waals surface area contributed by atoms with E-state index in [1.165, 1.54) is 18.2 Å². The van der Waals surface area contributed by atoms with Crippen molar-refractivity contribution in [3.05, 3.63) is 82.6 Å². The van der Waals surface area contributed by atoms with Crippen LogP contribution in [0.1, 0.15) is 89.5 Å². The van der Waals surface area contributed by atoms with Crippen molar-refractivity contribution < 1.29 is 117 Å². The number of carboxylic acid groups (broad SMARTS) is 1. The average Bonchev–Trinajstić information content (AvgIpc) is 3.33. The van der Waals surface area contributed by atoms with Gasteiger partial charge in [-0.05, 0) is 91.6 Å². The summed E-state index contributed by atoms with van der Waals surface area (Å²) in [5.41, 5.74) is 2.16. The van der Waals surface area contributed by atoms with Crippen LogP contribution < -0.4 is 73.9 Å². The van der Waals surface area contributed by atoms with Crippen molar-refractivity contribution in [1.29, 1.82) is 0 Å². The number of benzene rings is 2. The van der Waals surface area contributed by atoms with E-state index in [0.29, 0.717) is 67.4 Å². The number of carboxylic acids is 1. The molecule has 0 fully saturated rings. The van der Waals surface area contributed by atoms with Crippen LogP contribution in [0.25, 0.3) is 17.4 Å². The molecule has 320 valence electrons. The predicted molar refractivity (Wildman–Crippen MR) is 216 cm³/mol. The van der Waals surface area contributed by atoms with Gasteiger partial charge in [0, 0.05) is 66.4 Å². The zero-order chi connectivity index (χ0) is 43.1. The molecule has 15 nitrogen and oxygen atoms in total. The third-order valence-corrected chi connectivity index (χ3v) is 12.6. The van der Waals surface area contributed by atoms with E-state index in [4.69, 9.17) is 14.3 Å². The smallest absolute Gasteiger partial charge is 0.748 e. The molecule has 0 spiro atoms. The standard InChI is InChI=1S/C40H54N2O13S3.2Na/c1-39(2,3)33-27-30(55-36-26-29(15-17-32(33)36)41(22-23-54-5)20-11-25-57(48,49)50)12-9-13-37-40(4,19-10-24-56(45,46)47)34-28-31(58(51,52)53)16-18-35(34)42(37)21-8-6-7-14-38(43)44;;/h9,12-13,15-18,26-28H,6-8,10-11,14,19-25H2,1-5H3,(H3-,43,44,45,46,47,48,49,50,51,52,53);;/q;2*+1/p-2. The summed E-state index contributed by atoms with van der Waals surface area (Å²) < 4.78 is 119. The largest absolute Gasteiger partial charge is 1.00 e. The monoisotopic (exact) mass is 910 g/mol. The van der Waals surface area contributed by atoms with Crippen LogP contribution in [-0.2, 0) is 50.7 Å². The van der Waals surface area contributed by atoms with Gasteiger partial charge in [-0.2, -0.15) is 0 Å². The number of methoxy groups -OCH3 is 1. The molecule has 0 aromatic heterocycles. The summed E-state index contributed by atoms with van der Waals surface area (Å²) >= 11 is 0. The Kier molecular flexibility index (Phi) is 20.5. The van der Waals surface area contributed by atoms with E-state index < -0.39 is 58.1 Å². The first-order valence-electron chi connectivity index (χ1n) is 18.9. The van der Waals surface area contributed by atoms with Crippen molar-refractivity contribution in [2.75, 3.05) is 49.8 Å². The average molecular weight is 911 g/mol. The predicted octanol–water partition coefficient (Wildman–Crippen LogP) is -1.41. The van der Waals surface area contributed by atoms with E-state index in [2.05, 4.69) is 20.8 Å². The summed E-state index contributed by atoms with van der Waals surface area (Å²) in [6.07, 6.45) is 7.08. The van der Waals surface area contributed by atoms with E-state index in [9.17, 15) is 43.7 Å². The van der Waals surface area contributed by atoms with Crippen LogP contribution in [0.3, 0.4) is 0 Å². The Labute approximate surface area is 398 Å². The van der Waals surface area contributed by atoms with Crippen LogP contribution in [0.2, 0.25) is 0 Å². The fraction of sp³-hybridized carbons (Fsp3) is 0.500. The maximum atomic E-state index is 12.1. The number of hydrogen-bond donors (Lipinski definition) is 1. The van der Waals surface area contributed by atoms with Crippen LogP contribution in [-0.4, -0.2) is 94.8 Å². The fourth-order valence-corrected chi connectivity index (χ4v) is 8.83. The van der Waals surface area contributed by atoms with Gasteiger partial charge in [0.1, 0.15) is 34.8 Å². The number of carbonyl (C=O) groups is 1. The molecule has 20 heteroatoms. The molecule has 1 N–H and O–H groups in total. The first kappa shape index (κ1) is 54.2. The molecule has 0 saturated heterocycles. The Morgan fingerprint density at radius 3 is 2.17 bits per heavy atom. The zero-order valence-electron chi connectivity index (χ0n) is 35.4. The maximum absolute atomic E-state index is 12.1. The molecular formula is C40H52N2Na2O13S3. The van der Waals surface area contributed by atoms with Crippen LogP contribution in [0.5, 0.6) is 0 Å². The van der Waals surface area contributed by atoms with Gasteiger partial charge in [-0.15, -0.1) is 0 Å². The zero-order valence-corrected chi connectivity index (χ0v) is 41.9. The second-order valence-electron chi connectivity index (χ2n) is 15.7. The second-order valence-corrected chi connectivity index (χ2v) is 20.1. The minimum Gasteiger partial charge on any atom is -0.748 e. The molecular weight excluding hydrogens is 859 g/mol. The Morgan fingerprint density at radius 1 is 0.900 bits per heavy atom. The van der Waals surface area contributed by atoms with Gasteiger partial charge in [0.15, 0.2) is 6.54 Å². The number of ether oxygens (including phenoxy) is 1. The molecule has 3 aliphatic rings. The van der Waals surface area contributed by atoms with Gasteiger partial charge in [-0.3, -0.25) is 4.79 Å². The molecule has 0 saturated carbocycles. The Morgan fingerprint density at radius 2 is 1.57 bits per heavy atom. The topological polar surface area (TPSA) is 238 Å². The Hall–Kier alpha value is -1.91. The first-order chi connectivity index (χ1) is 26.9. The molecule has 0 bridgehead atoms. The summed E-state index contributed by atoms with van der Waals surface area (Å²) in [7, 11) is -12.3. The third kappa shape index (κ3) is 15.4. The summed E-state index contributed by atoms with van der Waals surface area (Å²) in [5, 5.41) is 9.86. The molecule has 1 aromatic carbocycles. The fourth-order valence-electron chi connectivity index (χ4n) is 7.35. The number of nitrogens with zero attached hydrogens (tertiary/aromatic N) is 2. The van der Waals surface area contributed by atoms with Crippen LogP contribution in [0.4, 0.5) is 5.69 Å². The molecule has 4 rings (SSSR count). The van der Waals surface area contributed by atoms with Crippen LogP contribution >= 0.6 is 0 Å². The Bertz CT molecular complexity index is 2410. The summed E-state index contributed by atoms with van der Waals surface area (Å²) in [4.78, 5) is 12.6. The summed E-state index contributed by atoms with van der Waals surface area (Å²) in [5.74, 6) is -1.05. The molecule has 1 atom stereocenters. The molecule has 60 heavy (non-hydrogen) atoms. The van der Waals surface area contributed by atoms with E-state index >= 15 is 0 Å².